The lowest BCUT2D eigenvalue weighted by Crippen LogP contribution is -2.63. The van der Waals surface area contributed by atoms with Crippen LogP contribution >= 0.6 is 0 Å². The third-order valence-corrected chi connectivity index (χ3v) is 10.1. The molecular weight excluding hydrogens is 751 g/mol. The number of rotatable bonds is 15. The second kappa shape index (κ2) is 19.9. The standard InChI is InChI=1S/C48H55NO10/c1-46(2,3)59-45(52)49-47(4,5)57-34-48(49,33-50)41(51)27-26-39-42(54-29-36-20-12-7-13-21-36)44(56-31-38-24-16-9-17-25-38)43(55-30-37-22-14-8-15-23-37)40(58-39)32-53-28-35-18-10-6-11-19-35/h6-25,33,39-44,51H,28-32,34H2,1-5H3/t39-,40-,41?,42+,43+,44-,48-/m1/s1. The molecule has 2 heterocycles. The smallest absolute Gasteiger partial charge is 0.413 e. The minimum atomic E-state index is -1.89. The van der Waals surface area contributed by atoms with Crippen LogP contribution < -0.4 is 0 Å². The van der Waals surface area contributed by atoms with E-state index in [1.165, 1.54) is 0 Å². The molecule has 11 nitrogen and oxygen atoms in total. The number of aliphatic hydroxyl groups is 1. The van der Waals surface area contributed by atoms with Crippen LogP contribution in [-0.4, -0.2) is 89.1 Å². The number of amides is 1. The van der Waals surface area contributed by atoms with E-state index in [0.717, 1.165) is 27.2 Å². The summed E-state index contributed by atoms with van der Waals surface area (Å²) in [6.07, 6.45) is -6.11. The molecule has 1 unspecified atom stereocenters. The molecule has 0 spiro atoms. The van der Waals surface area contributed by atoms with E-state index in [2.05, 4.69) is 11.8 Å². The number of hydrogen-bond acceptors (Lipinski definition) is 10. The Morgan fingerprint density at radius 3 is 1.69 bits per heavy atom. The first-order chi connectivity index (χ1) is 28.4. The molecule has 2 saturated heterocycles. The van der Waals surface area contributed by atoms with Gasteiger partial charge in [-0.05, 0) is 56.9 Å². The summed E-state index contributed by atoms with van der Waals surface area (Å²) in [5.41, 5.74) is -0.273. The van der Waals surface area contributed by atoms with E-state index in [4.69, 9.17) is 33.2 Å². The molecule has 1 amide bonds. The van der Waals surface area contributed by atoms with Crippen molar-refractivity contribution < 1.29 is 47.9 Å². The van der Waals surface area contributed by atoms with Gasteiger partial charge in [0.25, 0.3) is 0 Å². The molecule has 7 atom stereocenters. The molecule has 0 aliphatic carbocycles. The first-order valence-electron chi connectivity index (χ1n) is 19.9. The Morgan fingerprint density at radius 2 is 1.22 bits per heavy atom. The Labute approximate surface area is 347 Å². The molecule has 0 radical (unpaired) electrons. The molecular formula is C48H55NO10. The zero-order valence-electron chi connectivity index (χ0n) is 34.4. The van der Waals surface area contributed by atoms with Crippen LogP contribution in [0.3, 0.4) is 0 Å². The molecule has 4 aromatic rings. The zero-order chi connectivity index (χ0) is 41.9. The van der Waals surface area contributed by atoms with Gasteiger partial charge in [0.15, 0.2) is 11.8 Å². The van der Waals surface area contributed by atoms with Crippen LogP contribution in [0, 0.1) is 11.8 Å². The summed E-state index contributed by atoms with van der Waals surface area (Å²) in [7, 11) is 0. The fourth-order valence-electron chi connectivity index (χ4n) is 7.16. The molecule has 2 aliphatic heterocycles. The maximum absolute atomic E-state index is 13.6. The molecule has 2 fully saturated rings. The number of hydrogen-bond donors (Lipinski definition) is 1. The van der Waals surface area contributed by atoms with Gasteiger partial charge in [-0.3, -0.25) is 4.90 Å². The third kappa shape index (κ3) is 11.4. The normalized spacial score (nSPS) is 24.4. The second-order valence-electron chi connectivity index (χ2n) is 16.2. The summed E-state index contributed by atoms with van der Waals surface area (Å²) >= 11 is 0. The first-order valence-corrected chi connectivity index (χ1v) is 19.9. The van der Waals surface area contributed by atoms with Gasteiger partial charge in [0, 0.05) is 0 Å². The van der Waals surface area contributed by atoms with Crippen LogP contribution in [0.5, 0.6) is 0 Å². The van der Waals surface area contributed by atoms with Gasteiger partial charge in [-0.15, -0.1) is 0 Å². The summed E-state index contributed by atoms with van der Waals surface area (Å²) < 4.78 is 45.0. The summed E-state index contributed by atoms with van der Waals surface area (Å²) in [6.45, 7) is 9.21. The highest BCUT2D eigenvalue weighted by atomic mass is 16.6. The maximum Gasteiger partial charge on any atom is 0.413 e. The van der Waals surface area contributed by atoms with Crippen LogP contribution in [0.2, 0.25) is 0 Å². The van der Waals surface area contributed by atoms with E-state index in [9.17, 15) is 14.7 Å². The molecule has 11 heteroatoms. The molecule has 1 N–H and O–H groups in total. The van der Waals surface area contributed by atoms with Gasteiger partial charge in [0.1, 0.15) is 47.9 Å². The number of nitrogens with zero attached hydrogens (tertiary/aromatic N) is 1. The average molecular weight is 806 g/mol. The fraction of sp³-hybridized carbons (Fsp3) is 0.417. The van der Waals surface area contributed by atoms with Gasteiger partial charge in [0.05, 0.1) is 39.6 Å². The van der Waals surface area contributed by atoms with Crippen molar-refractivity contribution in [3.8, 4) is 11.8 Å². The summed E-state index contributed by atoms with van der Waals surface area (Å²) in [5.74, 6) is 5.98. The highest BCUT2D eigenvalue weighted by Crippen LogP contribution is 2.38. The van der Waals surface area contributed by atoms with Crippen LogP contribution in [0.1, 0.15) is 56.9 Å². The highest BCUT2D eigenvalue weighted by molar-refractivity contribution is 5.80. The summed E-state index contributed by atoms with van der Waals surface area (Å²) in [4.78, 5) is 27.8. The zero-order valence-corrected chi connectivity index (χ0v) is 34.4. The number of aldehydes is 1. The summed E-state index contributed by atoms with van der Waals surface area (Å²) in [5, 5.41) is 11.9. The highest BCUT2D eigenvalue weighted by Gasteiger charge is 2.59. The van der Waals surface area contributed by atoms with Crippen molar-refractivity contribution in [1.82, 2.24) is 4.90 Å². The van der Waals surface area contributed by atoms with Gasteiger partial charge in [-0.2, -0.15) is 0 Å². The quantitative estimate of drug-likeness (QED) is 0.0991. The predicted octanol–water partition coefficient (Wildman–Crippen LogP) is 7.03. The van der Waals surface area contributed by atoms with Crippen molar-refractivity contribution in [1.29, 1.82) is 0 Å². The number of carbonyl (C=O) groups excluding carboxylic acids is 2. The minimum Gasteiger partial charge on any atom is -0.444 e. The lowest BCUT2D eigenvalue weighted by Gasteiger charge is -2.45. The van der Waals surface area contributed by atoms with Crippen molar-refractivity contribution in [3.63, 3.8) is 0 Å². The lowest BCUT2D eigenvalue weighted by molar-refractivity contribution is -0.261. The Morgan fingerprint density at radius 1 is 0.763 bits per heavy atom. The Bertz CT molecular complexity index is 1980. The molecule has 2 aliphatic rings. The third-order valence-electron chi connectivity index (χ3n) is 10.1. The molecule has 4 aromatic carbocycles. The molecule has 59 heavy (non-hydrogen) atoms. The molecule has 6 rings (SSSR count). The number of carbonyl (C=O) groups is 2. The average Bonchev–Trinajstić information content (AvgIpc) is 3.53. The van der Waals surface area contributed by atoms with E-state index in [-0.39, 0.29) is 33.0 Å². The fourth-order valence-corrected chi connectivity index (χ4v) is 7.16. The Kier molecular flexibility index (Phi) is 14.7. The van der Waals surface area contributed by atoms with E-state index in [0.29, 0.717) is 12.9 Å². The maximum atomic E-state index is 13.6. The molecule has 312 valence electrons. The SMILES string of the molecule is CC(C)(C)OC(=O)N1C(C)(C)OC[C@]1(C=O)C(O)C#C[C@H]1O[C@H](COCc2ccccc2)[C@H](OCc2ccccc2)[C@H](OCc2ccccc2)[C@H]1OCc1ccccc1. The predicted molar refractivity (Wildman–Crippen MR) is 220 cm³/mol. The van der Waals surface area contributed by atoms with Crippen molar-refractivity contribution >= 4 is 12.4 Å². The van der Waals surface area contributed by atoms with Crippen LogP contribution in [0.25, 0.3) is 0 Å². The van der Waals surface area contributed by atoms with E-state index >= 15 is 0 Å². The number of aliphatic hydroxyl groups excluding tert-OH is 1. The van der Waals surface area contributed by atoms with Gasteiger partial charge >= 0.3 is 6.09 Å². The topological polar surface area (TPSA) is 122 Å². The van der Waals surface area contributed by atoms with Gasteiger partial charge in [-0.25, -0.2) is 4.79 Å². The summed E-state index contributed by atoms with van der Waals surface area (Å²) in [6, 6.07) is 39.1. The lowest BCUT2D eigenvalue weighted by atomic mass is 9.91. The van der Waals surface area contributed by atoms with Crippen LogP contribution in [0.15, 0.2) is 121 Å². The minimum absolute atomic E-state index is 0.110. The number of benzene rings is 4. The first kappa shape index (κ1) is 43.7. The van der Waals surface area contributed by atoms with Crippen molar-refractivity contribution in [2.24, 2.45) is 0 Å². The van der Waals surface area contributed by atoms with Gasteiger partial charge in [-0.1, -0.05) is 133 Å². The van der Waals surface area contributed by atoms with E-state index in [1.54, 1.807) is 34.6 Å². The van der Waals surface area contributed by atoms with Crippen molar-refractivity contribution in [2.45, 2.75) is 115 Å². The van der Waals surface area contributed by atoms with Crippen LogP contribution in [-0.2, 0) is 64.4 Å². The molecule has 0 bridgehead atoms. The van der Waals surface area contributed by atoms with Gasteiger partial charge < -0.3 is 43.1 Å². The molecule has 0 saturated carbocycles. The van der Waals surface area contributed by atoms with Crippen LogP contribution in [0.4, 0.5) is 4.79 Å². The Hall–Kier alpha value is -4.90. The number of ether oxygens (including phenoxy) is 7. The second-order valence-corrected chi connectivity index (χ2v) is 16.2. The van der Waals surface area contributed by atoms with E-state index in [1.807, 2.05) is 121 Å². The Balaban J connectivity index is 1.38. The monoisotopic (exact) mass is 805 g/mol. The van der Waals surface area contributed by atoms with Crippen molar-refractivity contribution in [2.75, 3.05) is 13.2 Å². The molecule has 0 aromatic heterocycles. The largest absolute Gasteiger partial charge is 0.444 e. The van der Waals surface area contributed by atoms with E-state index < -0.39 is 59.6 Å². The van der Waals surface area contributed by atoms with Crippen molar-refractivity contribution in [3.05, 3.63) is 144 Å². The van der Waals surface area contributed by atoms with Gasteiger partial charge in [0.2, 0.25) is 0 Å².